The van der Waals surface area contributed by atoms with Crippen LogP contribution in [0.25, 0.3) is 0 Å². The lowest BCUT2D eigenvalue weighted by Crippen LogP contribution is -2.45. The van der Waals surface area contributed by atoms with Crippen molar-refractivity contribution in [3.05, 3.63) is 24.4 Å². The Labute approximate surface area is 178 Å². The Morgan fingerprint density at radius 2 is 1.70 bits per heavy atom. The Morgan fingerprint density at radius 3 is 2.47 bits per heavy atom. The third-order valence-electron chi connectivity index (χ3n) is 5.79. The largest absolute Gasteiger partial charge is 0.353 e. The number of pyridine rings is 1. The van der Waals surface area contributed by atoms with Crippen molar-refractivity contribution in [3.63, 3.8) is 0 Å². The summed E-state index contributed by atoms with van der Waals surface area (Å²) in [6, 6.07) is 6.16. The van der Waals surface area contributed by atoms with Crippen LogP contribution in [0, 0.1) is 0 Å². The van der Waals surface area contributed by atoms with Gasteiger partial charge >= 0.3 is 0 Å². The maximum Gasteiger partial charge on any atom is 0.234 e. The fourth-order valence-corrected chi connectivity index (χ4v) is 3.95. The van der Waals surface area contributed by atoms with E-state index in [1.165, 1.54) is 32.1 Å². The molecule has 1 aliphatic carbocycles. The molecule has 0 aromatic carbocycles. The fourth-order valence-electron chi connectivity index (χ4n) is 3.95. The maximum atomic E-state index is 4.63. The van der Waals surface area contributed by atoms with E-state index in [-0.39, 0.29) is 0 Å². The second-order valence-electron chi connectivity index (χ2n) is 8.20. The molecule has 9 nitrogen and oxygen atoms in total. The summed E-state index contributed by atoms with van der Waals surface area (Å²) in [5.41, 5.74) is 0. The number of rotatable bonds is 8. The van der Waals surface area contributed by atoms with Gasteiger partial charge in [0.05, 0.1) is 0 Å². The summed E-state index contributed by atoms with van der Waals surface area (Å²) in [6.45, 7) is 6.25. The summed E-state index contributed by atoms with van der Waals surface area (Å²) in [6.07, 6.45) is 7.93. The molecule has 162 valence electrons. The SMILES string of the molecule is CN1CCN(CCNc2nc(Nc3ccccn3)nc(NC3CCCCC3)n2)CC1. The van der Waals surface area contributed by atoms with Gasteiger partial charge in [-0.25, -0.2) is 4.98 Å². The first-order chi connectivity index (χ1) is 14.7. The highest BCUT2D eigenvalue weighted by molar-refractivity contribution is 5.51. The molecule has 9 heteroatoms. The lowest BCUT2D eigenvalue weighted by Gasteiger charge is -2.32. The van der Waals surface area contributed by atoms with Gasteiger partial charge in [-0.1, -0.05) is 25.3 Å². The topological polar surface area (TPSA) is 94.1 Å². The molecule has 2 aromatic rings. The number of aromatic nitrogens is 4. The molecular formula is C21H33N9. The lowest BCUT2D eigenvalue weighted by molar-refractivity contribution is 0.158. The van der Waals surface area contributed by atoms with Crippen molar-refractivity contribution in [3.8, 4) is 0 Å². The summed E-state index contributed by atoms with van der Waals surface area (Å²) in [7, 11) is 2.18. The molecule has 1 aliphatic heterocycles. The first kappa shape index (κ1) is 20.7. The van der Waals surface area contributed by atoms with Gasteiger partial charge in [0, 0.05) is 51.5 Å². The zero-order valence-corrected chi connectivity index (χ0v) is 17.8. The minimum atomic E-state index is 0.432. The first-order valence-corrected chi connectivity index (χ1v) is 11.1. The van der Waals surface area contributed by atoms with Crippen LogP contribution in [0.1, 0.15) is 32.1 Å². The van der Waals surface area contributed by atoms with Crippen LogP contribution in [0.4, 0.5) is 23.7 Å². The summed E-state index contributed by atoms with van der Waals surface area (Å²) in [5.74, 6) is 2.44. The van der Waals surface area contributed by atoms with Crippen molar-refractivity contribution in [1.82, 2.24) is 29.7 Å². The van der Waals surface area contributed by atoms with Crippen LogP contribution in [-0.4, -0.2) is 82.1 Å². The van der Waals surface area contributed by atoms with Crippen molar-refractivity contribution in [2.75, 3.05) is 62.3 Å². The highest BCUT2D eigenvalue weighted by Crippen LogP contribution is 2.21. The summed E-state index contributed by atoms with van der Waals surface area (Å²) in [4.78, 5) is 22.9. The molecule has 30 heavy (non-hydrogen) atoms. The summed E-state index contributed by atoms with van der Waals surface area (Å²) >= 11 is 0. The van der Waals surface area contributed by atoms with Crippen molar-refractivity contribution in [2.24, 2.45) is 0 Å². The summed E-state index contributed by atoms with van der Waals surface area (Å²) in [5, 5.41) is 10.1. The third-order valence-corrected chi connectivity index (χ3v) is 5.79. The van der Waals surface area contributed by atoms with Gasteiger partial charge in [-0.3, -0.25) is 4.90 Å². The molecule has 0 radical (unpaired) electrons. The van der Waals surface area contributed by atoms with Gasteiger partial charge in [0.1, 0.15) is 5.82 Å². The molecule has 0 spiro atoms. The number of nitrogens with one attached hydrogen (secondary N) is 3. The molecular weight excluding hydrogens is 378 g/mol. The molecule has 2 aromatic heterocycles. The number of likely N-dealkylation sites (N-methyl/N-ethyl adjacent to an activating group) is 1. The molecule has 3 heterocycles. The van der Waals surface area contributed by atoms with Crippen molar-refractivity contribution < 1.29 is 0 Å². The van der Waals surface area contributed by atoms with E-state index in [2.05, 4.69) is 52.7 Å². The van der Waals surface area contributed by atoms with E-state index < -0.39 is 0 Å². The zero-order valence-electron chi connectivity index (χ0n) is 17.8. The average Bonchev–Trinajstić information content (AvgIpc) is 2.76. The standard InChI is InChI=1S/C21H33N9/c1-29-13-15-30(16-14-29)12-11-23-19-26-20(24-17-7-3-2-4-8-17)28-21(27-19)25-18-9-5-6-10-22-18/h5-6,9-10,17H,2-4,7-8,11-16H2,1H3,(H3,22,23,24,25,26,27,28). The van der Waals surface area contributed by atoms with E-state index >= 15 is 0 Å². The monoisotopic (exact) mass is 411 g/mol. The molecule has 0 atom stereocenters. The number of hydrogen-bond donors (Lipinski definition) is 3. The van der Waals surface area contributed by atoms with Crippen molar-refractivity contribution in [2.45, 2.75) is 38.1 Å². The van der Waals surface area contributed by atoms with E-state index in [9.17, 15) is 0 Å². The Bertz CT molecular complexity index is 771. The van der Waals surface area contributed by atoms with Gasteiger partial charge in [-0.15, -0.1) is 0 Å². The molecule has 1 saturated heterocycles. The maximum absolute atomic E-state index is 4.63. The number of nitrogens with zero attached hydrogens (tertiary/aromatic N) is 6. The predicted molar refractivity (Wildman–Crippen MR) is 120 cm³/mol. The Hall–Kier alpha value is -2.52. The van der Waals surface area contributed by atoms with Crippen LogP contribution in [0.5, 0.6) is 0 Å². The fraction of sp³-hybridized carbons (Fsp3) is 0.619. The van der Waals surface area contributed by atoms with E-state index in [1.54, 1.807) is 6.20 Å². The average molecular weight is 412 g/mol. The van der Waals surface area contributed by atoms with Gasteiger partial charge in [0.25, 0.3) is 0 Å². The number of piperazine rings is 1. The van der Waals surface area contributed by atoms with Crippen LogP contribution in [0.2, 0.25) is 0 Å². The normalized spacial score (nSPS) is 18.8. The predicted octanol–water partition coefficient (Wildman–Crippen LogP) is 2.41. The van der Waals surface area contributed by atoms with Gasteiger partial charge in [0.15, 0.2) is 0 Å². The third kappa shape index (κ3) is 6.24. The van der Waals surface area contributed by atoms with E-state index in [4.69, 9.17) is 0 Å². The van der Waals surface area contributed by atoms with Crippen LogP contribution in [0.15, 0.2) is 24.4 Å². The zero-order chi connectivity index (χ0) is 20.6. The molecule has 2 fully saturated rings. The van der Waals surface area contributed by atoms with Gasteiger partial charge in [-0.2, -0.15) is 15.0 Å². The quantitative estimate of drug-likeness (QED) is 0.605. The number of anilines is 4. The van der Waals surface area contributed by atoms with Crippen molar-refractivity contribution >= 4 is 23.7 Å². The first-order valence-electron chi connectivity index (χ1n) is 11.1. The highest BCUT2D eigenvalue weighted by atomic mass is 15.3. The van der Waals surface area contributed by atoms with Crippen LogP contribution in [-0.2, 0) is 0 Å². The molecule has 0 amide bonds. The highest BCUT2D eigenvalue weighted by Gasteiger charge is 2.17. The molecule has 2 aliphatic rings. The van der Waals surface area contributed by atoms with Crippen LogP contribution in [0.3, 0.4) is 0 Å². The molecule has 4 rings (SSSR count). The Kier molecular flexibility index (Phi) is 7.25. The summed E-state index contributed by atoms with van der Waals surface area (Å²) < 4.78 is 0. The van der Waals surface area contributed by atoms with E-state index in [0.29, 0.717) is 23.9 Å². The number of hydrogen-bond acceptors (Lipinski definition) is 9. The van der Waals surface area contributed by atoms with Crippen molar-refractivity contribution in [1.29, 1.82) is 0 Å². The second-order valence-corrected chi connectivity index (χ2v) is 8.20. The molecule has 3 N–H and O–H groups in total. The Morgan fingerprint density at radius 1 is 0.933 bits per heavy atom. The Balaban J connectivity index is 1.40. The van der Waals surface area contributed by atoms with Gasteiger partial charge in [-0.05, 0) is 32.0 Å². The lowest BCUT2D eigenvalue weighted by atomic mass is 9.96. The van der Waals surface area contributed by atoms with Gasteiger partial charge < -0.3 is 20.9 Å². The smallest absolute Gasteiger partial charge is 0.234 e. The van der Waals surface area contributed by atoms with E-state index in [1.807, 2.05) is 18.2 Å². The van der Waals surface area contributed by atoms with Crippen LogP contribution < -0.4 is 16.0 Å². The van der Waals surface area contributed by atoms with E-state index in [0.717, 1.165) is 45.1 Å². The second kappa shape index (κ2) is 10.5. The molecule has 1 saturated carbocycles. The van der Waals surface area contributed by atoms with Gasteiger partial charge in [0.2, 0.25) is 17.8 Å². The minimum Gasteiger partial charge on any atom is -0.353 e. The molecule has 0 unspecified atom stereocenters. The van der Waals surface area contributed by atoms with Crippen LogP contribution >= 0.6 is 0 Å². The minimum absolute atomic E-state index is 0.432. The molecule has 0 bridgehead atoms.